The number of likely N-dealkylation sites (tertiary alicyclic amines) is 1. The van der Waals surface area contributed by atoms with Crippen molar-refractivity contribution in [2.45, 2.75) is 37.5 Å². The first-order valence-electron chi connectivity index (χ1n) is 9.61. The highest BCUT2D eigenvalue weighted by Crippen LogP contribution is 2.33. The minimum atomic E-state index is -4.39. The SMILES string of the molecule is C[C@@H]1[C@H](c2ccccc2)C[C@H]([NH3+])C(=O)N1CC(F)(F)F.O=C([O-])c1ccc([N+](=O)[O-])cc1. The molecule has 0 aromatic heterocycles. The van der Waals surface area contributed by atoms with Crippen LogP contribution in [0.5, 0.6) is 0 Å². The maximum absolute atomic E-state index is 12.6. The summed E-state index contributed by atoms with van der Waals surface area (Å²) in [7, 11) is 0. The Labute approximate surface area is 181 Å². The zero-order valence-electron chi connectivity index (χ0n) is 17.1. The molecule has 11 heteroatoms. The number of hydrogen-bond acceptors (Lipinski definition) is 5. The second-order valence-electron chi connectivity index (χ2n) is 7.36. The monoisotopic (exact) mass is 453 g/mol. The van der Waals surface area contributed by atoms with Crippen molar-refractivity contribution in [1.82, 2.24) is 4.90 Å². The second kappa shape index (κ2) is 10.2. The molecule has 32 heavy (non-hydrogen) atoms. The third-order valence-corrected chi connectivity index (χ3v) is 5.14. The van der Waals surface area contributed by atoms with Gasteiger partial charge in [-0.1, -0.05) is 30.3 Å². The number of halogens is 3. The zero-order chi connectivity index (χ0) is 24.1. The van der Waals surface area contributed by atoms with Crippen molar-refractivity contribution in [1.29, 1.82) is 0 Å². The summed E-state index contributed by atoms with van der Waals surface area (Å²) in [6.45, 7) is 0.468. The predicted molar refractivity (Wildman–Crippen MR) is 105 cm³/mol. The van der Waals surface area contributed by atoms with Gasteiger partial charge >= 0.3 is 6.18 Å². The van der Waals surface area contributed by atoms with Gasteiger partial charge in [-0.15, -0.1) is 0 Å². The number of rotatable bonds is 4. The van der Waals surface area contributed by atoms with Crippen LogP contribution in [0.3, 0.4) is 0 Å². The fraction of sp³-hybridized carbons (Fsp3) is 0.333. The number of non-ortho nitro benzene ring substituents is 1. The molecule has 0 unspecified atom stereocenters. The van der Waals surface area contributed by atoms with E-state index in [-0.39, 0.29) is 17.2 Å². The number of carboxylic acid groups (broad SMARTS) is 1. The number of carbonyl (C=O) groups excluding carboxylic acids is 2. The van der Waals surface area contributed by atoms with Crippen molar-refractivity contribution in [3.05, 3.63) is 75.8 Å². The third-order valence-electron chi connectivity index (χ3n) is 5.14. The highest BCUT2D eigenvalue weighted by molar-refractivity contribution is 5.86. The fourth-order valence-electron chi connectivity index (χ4n) is 3.51. The van der Waals surface area contributed by atoms with Gasteiger partial charge in [-0.3, -0.25) is 14.9 Å². The van der Waals surface area contributed by atoms with Crippen LogP contribution in [0.1, 0.15) is 35.2 Å². The van der Waals surface area contributed by atoms with Gasteiger partial charge in [-0.25, -0.2) is 0 Å². The normalized spacial score (nSPS) is 20.8. The average molecular weight is 453 g/mol. The van der Waals surface area contributed by atoms with Crippen LogP contribution < -0.4 is 10.8 Å². The van der Waals surface area contributed by atoms with Gasteiger partial charge in [0.15, 0.2) is 6.04 Å². The van der Waals surface area contributed by atoms with Gasteiger partial charge < -0.3 is 20.5 Å². The molecule has 1 amide bonds. The van der Waals surface area contributed by atoms with Gasteiger partial charge in [-0.05, 0) is 30.2 Å². The molecule has 0 radical (unpaired) electrons. The zero-order valence-corrected chi connectivity index (χ0v) is 17.1. The predicted octanol–water partition coefficient (Wildman–Crippen LogP) is 1.52. The topological polar surface area (TPSA) is 131 Å². The number of nitro groups is 1. The van der Waals surface area contributed by atoms with Crippen LogP contribution in [0.25, 0.3) is 0 Å². The van der Waals surface area contributed by atoms with Crippen LogP contribution in [-0.2, 0) is 4.79 Å². The number of quaternary nitrogens is 1. The summed E-state index contributed by atoms with van der Waals surface area (Å²) in [5.41, 5.74) is 4.45. The molecule has 1 fully saturated rings. The van der Waals surface area contributed by atoms with E-state index < -0.39 is 41.6 Å². The Morgan fingerprint density at radius 3 is 2.19 bits per heavy atom. The van der Waals surface area contributed by atoms with Gasteiger partial charge in [0.25, 0.3) is 11.6 Å². The molecule has 1 aliphatic rings. The second-order valence-corrected chi connectivity index (χ2v) is 7.36. The molecule has 1 saturated heterocycles. The number of piperidine rings is 1. The molecule has 3 rings (SSSR count). The summed E-state index contributed by atoms with van der Waals surface area (Å²) in [5.74, 6) is -1.97. The molecule has 1 aliphatic heterocycles. The number of alkyl halides is 3. The lowest BCUT2D eigenvalue weighted by molar-refractivity contribution is -0.412. The van der Waals surface area contributed by atoms with E-state index in [4.69, 9.17) is 0 Å². The van der Waals surface area contributed by atoms with Crippen molar-refractivity contribution >= 4 is 17.6 Å². The Kier molecular flexibility index (Phi) is 7.92. The highest BCUT2D eigenvalue weighted by atomic mass is 19.4. The third kappa shape index (κ3) is 6.51. The van der Waals surface area contributed by atoms with Crippen LogP contribution in [0.15, 0.2) is 54.6 Å². The van der Waals surface area contributed by atoms with E-state index in [1.54, 1.807) is 6.92 Å². The van der Waals surface area contributed by atoms with Gasteiger partial charge in [0, 0.05) is 30.5 Å². The molecule has 0 aliphatic carbocycles. The van der Waals surface area contributed by atoms with Crippen molar-refractivity contribution in [2.75, 3.05) is 6.54 Å². The first kappa shape index (κ1) is 24.8. The van der Waals surface area contributed by atoms with Gasteiger partial charge in [0.05, 0.1) is 10.9 Å². The maximum Gasteiger partial charge on any atom is 0.406 e. The molecular weight excluding hydrogens is 431 g/mol. The van der Waals surface area contributed by atoms with Crippen LogP contribution >= 0.6 is 0 Å². The number of carbonyl (C=O) groups is 2. The Hall–Kier alpha value is -3.47. The Morgan fingerprint density at radius 2 is 1.72 bits per heavy atom. The lowest BCUT2D eigenvalue weighted by Crippen LogP contribution is -2.72. The van der Waals surface area contributed by atoms with Crippen LogP contribution in [0, 0.1) is 10.1 Å². The van der Waals surface area contributed by atoms with E-state index in [0.717, 1.165) is 34.7 Å². The lowest BCUT2D eigenvalue weighted by Gasteiger charge is -2.40. The summed E-state index contributed by atoms with van der Waals surface area (Å²) in [5, 5.41) is 20.3. The molecule has 0 spiro atoms. The quantitative estimate of drug-likeness (QED) is 0.554. The Morgan fingerprint density at radius 1 is 1.16 bits per heavy atom. The number of nitrogens with zero attached hydrogens (tertiary/aromatic N) is 2. The Balaban J connectivity index is 0.000000258. The van der Waals surface area contributed by atoms with Crippen molar-refractivity contribution in [3.63, 3.8) is 0 Å². The molecule has 3 atom stereocenters. The van der Waals surface area contributed by atoms with Crippen molar-refractivity contribution in [3.8, 4) is 0 Å². The summed E-state index contributed by atoms with van der Waals surface area (Å²) in [6, 6.07) is 12.7. The van der Waals surface area contributed by atoms with Crippen LogP contribution in [0.2, 0.25) is 0 Å². The molecule has 2 aromatic rings. The van der Waals surface area contributed by atoms with E-state index in [9.17, 15) is 38.0 Å². The first-order valence-corrected chi connectivity index (χ1v) is 9.61. The van der Waals surface area contributed by atoms with E-state index >= 15 is 0 Å². The summed E-state index contributed by atoms with van der Waals surface area (Å²) in [6.07, 6.45) is -3.90. The smallest absolute Gasteiger partial charge is 0.406 e. The summed E-state index contributed by atoms with van der Waals surface area (Å²) < 4.78 is 37.9. The molecule has 2 aromatic carbocycles. The standard InChI is InChI=1S/C14H17F3N2O.C7H5NO4/c1-9-11(10-5-3-2-4-6-10)7-12(18)13(20)19(9)8-14(15,16)17;9-7(10)5-1-3-6(4-2-5)8(11)12/h2-6,9,11-12H,7-8,18H2,1H3;1-4H,(H,9,10)/t9-,11-,12+;/m1./s1. The minimum Gasteiger partial charge on any atom is -0.545 e. The first-order chi connectivity index (χ1) is 14.9. The van der Waals surface area contributed by atoms with E-state index in [1.807, 2.05) is 30.3 Å². The van der Waals surface area contributed by atoms with Gasteiger partial charge in [0.2, 0.25) is 0 Å². The van der Waals surface area contributed by atoms with Gasteiger partial charge in [0.1, 0.15) is 6.54 Å². The summed E-state index contributed by atoms with van der Waals surface area (Å²) >= 11 is 0. The van der Waals surface area contributed by atoms with Crippen LogP contribution in [0.4, 0.5) is 18.9 Å². The van der Waals surface area contributed by atoms with E-state index in [0.29, 0.717) is 6.42 Å². The molecule has 1 heterocycles. The number of nitro benzene ring substituents is 1. The number of carboxylic acids is 1. The molecule has 172 valence electrons. The van der Waals surface area contributed by atoms with Crippen molar-refractivity contribution < 1.29 is 38.5 Å². The molecule has 0 saturated carbocycles. The lowest BCUT2D eigenvalue weighted by atomic mass is 9.82. The largest absolute Gasteiger partial charge is 0.545 e. The molecule has 3 N–H and O–H groups in total. The van der Waals surface area contributed by atoms with E-state index in [2.05, 4.69) is 5.73 Å². The number of amides is 1. The Bertz CT molecular complexity index is 918. The minimum absolute atomic E-state index is 0.0689. The fourth-order valence-corrected chi connectivity index (χ4v) is 3.51. The number of benzene rings is 2. The summed E-state index contributed by atoms with van der Waals surface area (Å²) in [4.78, 5) is 32.6. The molecule has 8 nitrogen and oxygen atoms in total. The van der Waals surface area contributed by atoms with Gasteiger partial charge in [-0.2, -0.15) is 13.2 Å². The van der Waals surface area contributed by atoms with E-state index in [1.165, 1.54) is 0 Å². The van der Waals surface area contributed by atoms with Crippen LogP contribution in [-0.4, -0.2) is 46.5 Å². The highest BCUT2D eigenvalue weighted by Gasteiger charge is 2.45. The number of hydrogen-bond donors (Lipinski definition) is 1. The number of aromatic carboxylic acids is 1. The molecule has 0 bridgehead atoms. The average Bonchev–Trinajstić information content (AvgIpc) is 2.74. The maximum atomic E-state index is 12.6. The molecular formula is C21H22F3N3O5. The van der Waals surface area contributed by atoms with Crippen molar-refractivity contribution in [2.24, 2.45) is 0 Å².